The quantitative estimate of drug-likeness (QED) is 0.886. The highest BCUT2D eigenvalue weighted by molar-refractivity contribution is 6.28. The second-order valence-corrected chi connectivity index (χ2v) is 4.57. The van der Waals surface area contributed by atoms with Crippen LogP contribution in [0.2, 0.25) is 5.22 Å². The molecule has 1 aromatic heterocycles. The van der Waals surface area contributed by atoms with Crippen LogP contribution in [0.1, 0.15) is 30.7 Å². The topological polar surface area (TPSA) is 25.2 Å². The fourth-order valence-corrected chi connectivity index (χ4v) is 2.02. The molecule has 0 aliphatic carbocycles. The molecule has 1 N–H and O–H groups in total. The second-order valence-electron chi connectivity index (χ2n) is 4.19. The van der Waals surface area contributed by atoms with E-state index >= 15 is 0 Å². The van der Waals surface area contributed by atoms with Gasteiger partial charge in [-0.1, -0.05) is 13.0 Å². The van der Waals surface area contributed by atoms with E-state index in [0.717, 1.165) is 12.5 Å². The molecule has 0 fully saturated rings. The Hall–Kier alpha value is -1.39. The minimum Gasteiger partial charge on any atom is -0.448 e. The normalized spacial score (nSPS) is 12.6. The minimum absolute atomic E-state index is 0.237. The van der Waals surface area contributed by atoms with Crippen LogP contribution < -0.4 is 5.32 Å². The van der Waals surface area contributed by atoms with Crippen molar-refractivity contribution in [3.63, 3.8) is 0 Å². The lowest BCUT2D eigenvalue weighted by molar-refractivity contribution is 0.436. The molecule has 5 heteroatoms. The first kappa shape index (κ1) is 14.0. The van der Waals surface area contributed by atoms with E-state index < -0.39 is 17.7 Å². The van der Waals surface area contributed by atoms with Crippen LogP contribution in [0.25, 0.3) is 0 Å². The Bertz CT molecular complexity index is 556. The predicted molar refractivity (Wildman–Crippen MR) is 70.2 cm³/mol. The number of nitrogens with one attached hydrogen (secondary N) is 1. The van der Waals surface area contributed by atoms with Crippen molar-refractivity contribution < 1.29 is 13.2 Å². The average Bonchev–Trinajstić information content (AvgIpc) is 2.78. The van der Waals surface area contributed by atoms with Crippen molar-refractivity contribution in [1.82, 2.24) is 5.32 Å². The van der Waals surface area contributed by atoms with Crippen molar-refractivity contribution in [2.24, 2.45) is 0 Å². The maximum absolute atomic E-state index is 13.9. The van der Waals surface area contributed by atoms with Crippen molar-refractivity contribution in [2.45, 2.75) is 19.4 Å². The zero-order valence-corrected chi connectivity index (χ0v) is 11.2. The molecule has 0 saturated heterocycles. The monoisotopic (exact) mass is 285 g/mol. The third-order valence-corrected chi connectivity index (χ3v) is 2.95. The number of hydrogen-bond acceptors (Lipinski definition) is 2. The molecule has 2 nitrogen and oxygen atoms in total. The molecule has 0 aliphatic heterocycles. The van der Waals surface area contributed by atoms with Gasteiger partial charge in [0.15, 0.2) is 5.22 Å². The zero-order chi connectivity index (χ0) is 13.8. The molecule has 19 heavy (non-hydrogen) atoms. The SMILES string of the molecule is CCCNC(c1ccc(Cl)o1)c1ccc(F)cc1F. The van der Waals surface area contributed by atoms with Gasteiger partial charge < -0.3 is 9.73 Å². The van der Waals surface area contributed by atoms with Crippen LogP contribution in [0.4, 0.5) is 8.78 Å². The summed E-state index contributed by atoms with van der Waals surface area (Å²) in [5.41, 5.74) is 0.334. The molecule has 1 aromatic carbocycles. The van der Waals surface area contributed by atoms with Crippen LogP contribution in [0.5, 0.6) is 0 Å². The highest BCUT2D eigenvalue weighted by Gasteiger charge is 2.20. The van der Waals surface area contributed by atoms with Gasteiger partial charge in [-0.3, -0.25) is 0 Å². The first-order valence-electron chi connectivity index (χ1n) is 6.05. The molecule has 0 amide bonds. The van der Waals surface area contributed by atoms with E-state index in [-0.39, 0.29) is 5.22 Å². The van der Waals surface area contributed by atoms with E-state index in [1.807, 2.05) is 6.92 Å². The molecule has 2 aromatic rings. The van der Waals surface area contributed by atoms with Crippen LogP contribution >= 0.6 is 11.6 Å². The lowest BCUT2D eigenvalue weighted by Gasteiger charge is -2.17. The van der Waals surface area contributed by atoms with E-state index in [9.17, 15) is 8.78 Å². The summed E-state index contributed by atoms with van der Waals surface area (Å²) in [7, 11) is 0. The molecular weight excluding hydrogens is 272 g/mol. The third-order valence-electron chi connectivity index (χ3n) is 2.75. The van der Waals surface area contributed by atoms with E-state index in [1.54, 1.807) is 12.1 Å². The molecule has 1 heterocycles. The smallest absolute Gasteiger partial charge is 0.193 e. The average molecular weight is 286 g/mol. The van der Waals surface area contributed by atoms with Gasteiger partial charge in [-0.05, 0) is 42.8 Å². The van der Waals surface area contributed by atoms with Gasteiger partial charge in [0.25, 0.3) is 0 Å². The van der Waals surface area contributed by atoms with Gasteiger partial charge in [-0.2, -0.15) is 0 Å². The van der Waals surface area contributed by atoms with E-state index in [2.05, 4.69) is 5.32 Å². The molecule has 0 radical (unpaired) electrons. The summed E-state index contributed by atoms with van der Waals surface area (Å²) in [4.78, 5) is 0. The second kappa shape index (κ2) is 6.17. The fourth-order valence-electron chi connectivity index (χ4n) is 1.87. The van der Waals surface area contributed by atoms with Gasteiger partial charge in [-0.25, -0.2) is 8.78 Å². The van der Waals surface area contributed by atoms with Crippen LogP contribution in [0.3, 0.4) is 0 Å². The number of halogens is 3. The standard InChI is InChI=1S/C14H14ClF2NO/c1-2-7-18-14(12-5-6-13(15)19-12)10-4-3-9(16)8-11(10)17/h3-6,8,14,18H,2,7H2,1H3. The number of hydrogen-bond donors (Lipinski definition) is 1. The van der Waals surface area contributed by atoms with Crippen LogP contribution in [0, 0.1) is 11.6 Å². The lowest BCUT2D eigenvalue weighted by Crippen LogP contribution is -2.23. The van der Waals surface area contributed by atoms with Gasteiger partial charge in [0.2, 0.25) is 0 Å². The summed E-state index contributed by atoms with van der Waals surface area (Å²) in [6.07, 6.45) is 0.883. The van der Waals surface area contributed by atoms with Gasteiger partial charge in [0, 0.05) is 11.6 Å². The summed E-state index contributed by atoms with van der Waals surface area (Å²) in [5, 5.41) is 3.40. The van der Waals surface area contributed by atoms with Crippen molar-refractivity contribution in [1.29, 1.82) is 0 Å². The maximum atomic E-state index is 13.9. The van der Waals surface area contributed by atoms with Crippen LogP contribution in [0.15, 0.2) is 34.7 Å². The fraction of sp³-hybridized carbons (Fsp3) is 0.286. The van der Waals surface area contributed by atoms with Crippen molar-refractivity contribution in [3.8, 4) is 0 Å². The summed E-state index contributed by atoms with van der Waals surface area (Å²) in [5.74, 6) is -0.710. The lowest BCUT2D eigenvalue weighted by atomic mass is 10.0. The summed E-state index contributed by atoms with van der Waals surface area (Å²) in [6.45, 7) is 2.68. The maximum Gasteiger partial charge on any atom is 0.193 e. The van der Waals surface area contributed by atoms with Crippen molar-refractivity contribution >= 4 is 11.6 Å². The molecule has 0 aliphatic rings. The van der Waals surface area contributed by atoms with Gasteiger partial charge in [-0.15, -0.1) is 0 Å². The summed E-state index contributed by atoms with van der Waals surface area (Å²) in [6, 6.07) is 6.30. The third kappa shape index (κ3) is 3.33. The van der Waals surface area contributed by atoms with Crippen LogP contribution in [-0.4, -0.2) is 6.54 Å². The Labute approximate surface area is 115 Å². The number of benzene rings is 1. The molecule has 0 bridgehead atoms. The zero-order valence-electron chi connectivity index (χ0n) is 10.4. The Kier molecular flexibility index (Phi) is 4.56. The minimum atomic E-state index is -0.610. The Balaban J connectivity index is 2.36. The van der Waals surface area contributed by atoms with Crippen molar-refractivity contribution in [3.05, 3.63) is 58.5 Å². The molecule has 2 rings (SSSR count). The van der Waals surface area contributed by atoms with Crippen LogP contribution in [-0.2, 0) is 0 Å². The molecule has 0 saturated carbocycles. The molecule has 1 atom stereocenters. The van der Waals surface area contributed by atoms with Gasteiger partial charge in [0.05, 0.1) is 6.04 Å². The largest absolute Gasteiger partial charge is 0.448 e. The molecule has 0 spiro atoms. The predicted octanol–water partition coefficient (Wildman–Crippen LogP) is 4.30. The van der Waals surface area contributed by atoms with E-state index in [0.29, 0.717) is 17.9 Å². The first-order chi connectivity index (χ1) is 9.11. The number of rotatable bonds is 5. The number of furan rings is 1. The molecule has 1 unspecified atom stereocenters. The highest BCUT2D eigenvalue weighted by atomic mass is 35.5. The van der Waals surface area contributed by atoms with Gasteiger partial charge >= 0.3 is 0 Å². The van der Waals surface area contributed by atoms with E-state index in [4.69, 9.17) is 16.0 Å². The molecular formula is C14H14ClF2NO. The first-order valence-corrected chi connectivity index (χ1v) is 6.43. The Morgan fingerprint density at radius 2 is 2.05 bits per heavy atom. The van der Waals surface area contributed by atoms with Crippen molar-refractivity contribution in [2.75, 3.05) is 6.54 Å². The van der Waals surface area contributed by atoms with Gasteiger partial charge in [0.1, 0.15) is 17.4 Å². The molecule has 102 valence electrons. The highest BCUT2D eigenvalue weighted by Crippen LogP contribution is 2.28. The van der Waals surface area contributed by atoms with E-state index in [1.165, 1.54) is 12.1 Å². The summed E-state index contributed by atoms with van der Waals surface area (Å²) < 4.78 is 32.2. The Morgan fingerprint density at radius 3 is 2.63 bits per heavy atom. The Morgan fingerprint density at radius 1 is 1.26 bits per heavy atom. The summed E-state index contributed by atoms with van der Waals surface area (Å²) >= 11 is 5.74.